The van der Waals surface area contributed by atoms with E-state index in [1.165, 1.54) is 4.90 Å². The van der Waals surface area contributed by atoms with Crippen molar-refractivity contribution >= 4 is 42.0 Å². The maximum absolute atomic E-state index is 11.8. The van der Waals surface area contributed by atoms with Gasteiger partial charge in [0.05, 0.1) is 11.1 Å². The molecule has 78 valence electrons. The molecule has 2 rings (SSSR count). The van der Waals surface area contributed by atoms with E-state index in [9.17, 15) is 9.59 Å². The normalized spacial score (nSPS) is 14.6. The van der Waals surface area contributed by atoms with Crippen molar-refractivity contribution in [3.63, 3.8) is 0 Å². The number of halogens is 1. The number of benzene rings is 1. The smallest absolute Gasteiger partial charge is 0.261 e. The maximum atomic E-state index is 11.8. The molecule has 0 unspecified atom stereocenters. The highest BCUT2D eigenvalue weighted by Gasteiger charge is 2.34. The molecule has 0 aliphatic carbocycles. The van der Waals surface area contributed by atoms with E-state index in [2.05, 4.69) is 21.2 Å². The molecule has 15 heavy (non-hydrogen) atoms. The van der Waals surface area contributed by atoms with E-state index in [0.717, 1.165) is 5.75 Å². The summed E-state index contributed by atoms with van der Waals surface area (Å²) in [7, 11) is 1.60. The van der Waals surface area contributed by atoms with Crippen molar-refractivity contribution in [3.8, 4) is 0 Å². The fourth-order valence-corrected chi connectivity index (χ4v) is 2.41. The second-order valence-corrected chi connectivity index (χ2v) is 5.62. The van der Waals surface area contributed by atoms with Crippen molar-refractivity contribution in [2.75, 3.05) is 12.3 Å². The molecule has 0 saturated carbocycles. The first kappa shape index (κ1) is 10.9. The summed E-state index contributed by atoms with van der Waals surface area (Å²) in [5.74, 6) is 0.438. The molecule has 1 heterocycles. The van der Waals surface area contributed by atoms with E-state index in [4.69, 9.17) is 0 Å². The first-order valence-corrected chi connectivity index (χ1v) is 7.97. The largest absolute Gasteiger partial charge is 0.273 e. The number of nitrogens with zero attached hydrogens (tertiary/aromatic N) is 1. The third-order valence-corrected chi connectivity index (χ3v) is 3.93. The lowest BCUT2D eigenvalue weighted by Crippen LogP contribution is -2.31. The van der Waals surface area contributed by atoms with Gasteiger partial charge in [-0.05, 0) is 33.3 Å². The molecular formula is C10H8INO2S. The van der Waals surface area contributed by atoms with Crippen molar-refractivity contribution in [1.29, 1.82) is 0 Å². The van der Waals surface area contributed by atoms with E-state index in [0.29, 0.717) is 17.7 Å². The summed E-state index contributed by atoms with van der Waals surface area (Å²) in [6.07, 6.45) is 0. The van der Waals surface area contributed by atoms with Gasteiger partial charge >= 0.3 is 0 Å². The SMILES string of the molecule is O=C1c2ccccc2C(=O)N1CCSI. The Morgan fingerprint density at radius 2 is 1.67 bits per heavy atom. The van der Waals surface area contributed by atoms with Gasteiger partial charge in [-0.15, -0.1) is 0 Å². The molecule has 0 N–H and O–H groups in total. The van der Waals surface area contributed by atoms with Gasteiger partial charge in [0.1, 0.15) is 0 Å². The van der Waals surface area contributed by atoms with Gasteiger partial charge in [0.15, 0.2) is 0 Å². The predicted octanol–water partition coefficient (Wildman–Crippen LogP) is 2.37. The van der Waals surface area contributed by atoms with Crippen molar-refractivity contribution in [2.24, 2.45) is 0 Å². The van der Waals surface area contributed by atoms with E-state index in [1.807, 2.05) is 0 Å². The average molecular weight is 333 g/mol. The van der Waals surface area contributed by atoms with Gasteiger partial charge in [0.2, 0.25) is 0 Å². The molecule has 0 fully saturated rings. The molecule has 0 bridgehead atoms. The molecule has 5 heteroatoms. The lowest BCUT2D eigenvalue weighted by atomic mass is 10.1. The second-order valence-electron chi connectivity index (χ2n) is 3.12. The first-order valence-electron chi connectivity index (χ1n) is 4.44. The quantitative estimate of drug-likeness (QED) is 0.630. The topological polar surface area (TPSA) is 37.4 Å². The van der Waals surface area contributed by atoms with Crippen LogP contribution in [0.1, 0.15) is 20.7 Å². The van der Waals surface area contributed by atoms with E-state index in [-0.39, 0.29) is 11.8 Å². The highest BCUT2D eigenvalue weighted by atomic mass is 127. The molecule has 0 spiro atoms. The van der Waals surface area contributed by atoms with Gasteiger partial charge in [0.25, 0.3) is 11.8 Å². The summed E-state index contributed by atoms with van der Waals surface area (Å²) >= 11 is 2.16. The number of amides is 2. The molecule has 0 saturated heterocycles. The summed E-state index contributed by atoms with van der Waals surface area (Å²) in [4.78, 5) is 24.9. The third kappa shape index (κ3) is 1.90. The predicted molar refractivity (Wildman–Crippen MR) is 68.3 cm³/mol. The number of imide groups is 1. The zero-order valence-electron chi connectivity index (χ0n) is 7.77. The Labute approximate surface area is 104 Å². The van der Waals surface area contributed by atoms with Crippen LogP contribution in [0.4, 0.5) is 0 Å². The summed E-state index contributed by atoms with van der Waals surface area (Å²) in [6.45, 7) is 0.486. The van der Waals surface area contributed by atoms with Crippen molar-refractivity contribution in [1.82, 2.24) is 4.90 Å². The number of rotatable bonds is 3. The van der Waals surface area contributed by atoms with Crippen LogP contribution in [0.2, 0.25) is 0 Å². The van der Waals surface area contributed by atoms with Crippen LogP contribution >= 0.6 is 30.1 Å². The lowest BCUT2D eigenvalue weighted by molar-refractivity contribution is 0.0664. The molecular weight excluding hydrogens is 325 g/mol. The molecule has 0 radical (unpaired) electrons. The highest BCUT2D eigenvalue weighted by Crippen LogP contribution is 2.23. The molecule has 1 aromatic carbocycles. The van der Waals surface area contributed by atoms with Gasteiger partial charge in [-0.2, -0.15) is 0 Å². The average Bonchev–Trinajstić information content (AvgIpc) is 2.51. The van der Waals surface area contributed by atoms with Crippen LogP contribution in [0.15, 0.2) is 24.3 Å². The van der Waals surface area contributed by atoms with Crippen LogP contribution in [0.25, 0.3) is 0 Å². The van der Waals surface area contributed by atoms with Gasteiger partial charge in [-0.3, -0.25) is 14.5 Å². The number of carbonyl (C=O) groups excluding carboxylic acids is 2. The Morgan fingerprint density at radius 1 is 1.13 bits per heavy atom. The minimum atomic E-state index is -0.166. The van der Waals surface area contributed by atoms with Crippen LogP contribution in [-0.4, -0.2) is 29.0 Å². The number of fused-ring (bicyclic) bond motifs is 1. The van der Waals surface area contributed by atoms with Crippen LogP contribution in [0.5, 0.6) is 0 Å². The van der Waals surface area contributed by atoms with E-state index in [1.54, 1.807) is 33.2 Å². The van der Waals surface area contributed by atoms with Crippen LogP contribution in [0, 0.1) is 0 Å². The summed E-state index contributed by atoms with van der Waals surface area (Å²) in [6, 6.07) is 6.96. The molecule has 3 nitrogen and oxygen atoms in total. The Bertz CT molecular complexity index is 387. The standard InChI is InChI=1S/C10H8INO2S/c11-15-6-5-12-9(13)7-3-1-2-4-8(7)10(12)14/h1-4H,5-6H2. The number of carbonyl (C=O) groups is 2. The first-order chi connectivity index (χ1) is 7.25. The molecule has 2 amide bonds. The number of hydrogen-bond donors (Lipinski definition) is 0. The van der Waals surface area contributed by atoms with Gasteiger partial charge < -0.3 is 0 Å². The zero-order valence-corrected chi connectivity index (χ0v) is 10.7. The zero-order chi connectivity index (χ0) is 10.8. The minimum absolute atomic E-state index is 0.166. The Balaban J connectivity index is 2.29. The number of hydrogen-bond acceptors (Lipinski definition) is 3. The van der Waals surface area contributed by atoms with Crippen molar-refractivity contribution in [2.45, 2.75) is 0 Å². The Kier molecular flexibility index (Phi) is 3.30. The van der Waals surface area contributed by atoms with Gasteiger partial charge in [0, 0.05) is 12.3 Å². The molecule has 1 aliphatic rings. The fraction of sp³-hybridized carbons (Fsp3) is 0.200. The monoisotopic (exact) mass is 333 g/mol. The summed E-state index contributed by atoms with van der Waals surface area (Å²) < 4.78 is 0. The van der Waals surface area contributed by atoms with Gasteiger partial charge in [-0.1, -0.05) is 21.1 Å². The second kappa shape index (κ2) is 4.52. The minimum Gasteiger partial charge on any atom is -0.273 e. The van der Waals surface area contributed by atoms with Gasteiger partial charge in [-0.25, -0.2) is 0 Å². The van der Waals surface area contributed by atoms with Crippen LogP contribution in [-0.2, 0) is 0 Å². The van der Waals surface area contributed by atoms with Crippen molar-refractivity contribution in [3.05, 3.63) is 35.4 Å². The molecule has 0 atom stereocenters. The summed E-state index contributed by atoms with van der Waals surface area (Å²) in [5, 5.41) is 0. The van der Waals surface area contributed by atoms with E-state index >= 15 is 0 Å². The molecule has 0 aromatic heterocycles. The van der Waals surface area contributed by atoms with Crippen molar-refractivity contribution < 1.29 is 9.59 Å². The maximum Gasteiger partial charge on any atom is 0.261 e. The Morgan fingerprint density at radius 3 is 2.13 bits per heavy atom. The Hall–Kier alpha value is -0.560. The molecule has 1 aromatic rings. The lowest BCUT2D eigenvalue weighted by Gasteiger charge is -2.11. The van der Waals surface area contributed by atoms with Crippen LogP contribution in [0.3, 0.4) is 0 Å². The third-order valence-electron chi connectivity index (χ3n) is 2.27. The summed E-state index contributed by atoms with van der Waals surface area (Å²) in [5.41, 5.74) is 1.06. The van der Waals surface area contributed by atoms with Crippen LogP contribution < -0.4 is 0 Å². The molecule has 1 aliphatic heterocycles. The highest BCUT2D eigenvalue weighted by molar-refractivity contribution is 14.2. The fourth-order valence-electron chi connectivity index (χ4n) is 1.57. The van der Waals surface area contributed by atoms with E-state index < -0.39 is 0 Å².